The molecule has 1 saturated heterocycles. The molecule has 1 heterocycles. The van der Waals surface area contributed by atoms with Gasteiger partial charge in [-0.05, 0) is 12.1 Å². The zero-order chi connectivity index (χ0) is 15.6. The number of halogens is 2. The summed E-state index contributed by atoms with van der Waals surface area (Å²) in [5.41, 5.74) is -0.524. The van der Waals surface area contributed by atoms with E-state index in [1.807, 2.05) is 0 Å². The number of carboxylic acid groups (broad SMARTS) is 1. The lowest BCUT2D eigenvalue weighted by Gasteiger charge is -2.26. The molecule has 0 bridgehead atoms. The molecule has 1 fully saturated rings. The number of nitrogens with one attached hydrogen (secondary N) is 1. The molecule has 0 saturated carbocycles. The highest BCUT2D eigenvalue weighted by molar-refractivity contribution is 7.90. The van der Waals surface area contributed by atoms with Crippen LogP contribution in [-0.4, -0.2) is 50.1 Å². The first-order valence-electron chi connectivity index (χ1n) is 5.89. The third-order valence-electron chi connectivity index (χ3n) is 2.83. The van der Waals surface area contributed by atoms with Crippen molar-refractivity contribution in [3.8, 4) is 0 Å². The van der Waals surface area contributed by atoms with Crippen LogP contribution in [0.5, 0.6) is 0 Å². The fourth-order valence-corrected chi connectivity index (χ4v) is 3.66. The first kappa shape index (κ1) is 16.3. The second-order valence-electron chi connectivity index (χ2n) is 4.23. The van der Waals surface area contributed by atoms with Gasteiger partial charge in [0.25, 0.3) is 0 Å². The number of rotatable bonds is 4. The minimum Gasteiger partial charge on any atom is -0.478 e. The lowest BCUT2D eigenvalue weighted by atomic mass is 10.2. The molecule has 0 spiro atoms. The van der Waals surface area contributed by atoms with Crippen LogP contribution in [0.15, 0.2) is 12.1 Å². The normalized spacial score (nSPS) is 16.7. The minimum absolute atomic E-state index is 0.0864. The predicted molar refractivity (Wildman–Crippen MR) is 78.4 cm³/mol. The van der Waals surface area contributed by atoms with Crippen LogP contribution in [0.2, 0.25) is 10.0 Å². The van der Waals surface area contributed by atoms with Crippen molar-refractivity contribution in [2.45, 2.75) is 0 Å². The van der Waals surface area contributed by atoms with Crippen molar-refractivity contribution < 1.29 is 23.1 Å². The highest BCUT2D eigenvalue weighted by atomic mass is 35.5. The van der Waals surface area contributed by atoms with E-state index in [4.69, 9.17) is 33.0 Å². The maximum absolute atomic E-state index is 12.2. The smallest absolute Gasteiger partial charge is 0.337 e. The summed E-state index contributed by atoms with van der Waals surface area (Å²) in [6.45, 7) is 0.925. The second-order valence-corrected chi connectivity index (χ2v) is 6.75. The number of hydrogen-bond acceptors (Lipinski definition) is 4. The molecule has 1 aliphatic rings. The third kappa shape index (κ3) is 3.78. The SMILES string of the molecule is O=C(O)c1cc(Cl)cc(Cl)c1NS(=O)(=O)N1CCOCC1. The van der Waals surface area contributed by atoms with Crippen LogP contribution in [0.25, 0.3) is 0 Å². The number of hydrogen-bond donors (Lipinski definition) is 2. The van der Waals surface area contributed by atoms with Crippen LogP contribution in [-0.2, 0) is 14.9 Å². The molecule has 7 nitrogen and oxygen atoms in total. The van der Waals surface area contributed by atoms with Crippen LogP contribution in [0.3, 0.4) is 0 Å². The van der Waals surface area contributed by atoms with Crippen molar-refractivity contribution in [1.29, 1.82) is 0 Å². The Bertz CT molecular complexity index is 659. The maximum Gasteiger partial charge on any atom is 0.337 e. The second kappa shape index (κ2) is 6.37. The Kier molecular flexibility index (Phi) is 4.95. The van der Waals surface area contributed by atoms with Crippen molar-refractivity contribution in [2.75, 3.05) is 31.0 Å². The van der Waals surface area contributed by atoms with Crippen molar-refractivity contribution in [3.05, 3.63) is 27.7 Å². The molecular weight excluding hydrogens is 343 g/mol. The van der Waals surface area contributed by atoms with Gasteiger partial charge in [0.1, 0.15) is 0 Å². The summed E-state index contributed by atoms with van der Waals surface area (Å²) in [5.74, 6) is -1.33. The number of aromatic carboxylic acids is 1. The molecule has 1 aromatic rings. The third-order valence-corrected chi connectivity index (χ3v) is 4.85. The number of anilines is 1. The topological polar surface area (TPSA) is 95.9 Å². The van der Waals surface area contributed by atoms with E-state index in [0.717, 1.165) is 10.4 Å². The van der Waals surface area contributed by atoms with Gasteiger partial charge in [0.15, 0.2) is 0 Å². The highest BCUT2D eigenvalue weighted by Gasteiger charge is 2.27. The molecule has 1 aliphatic heterocycles. The summed E-state index contributed by atoms with van der Waals surface area (Å²) in [6, 6.07) is 2.40. The largest absolute Gasteiger partial charge is 0.478 e. The van der Waals surface area contributed by atoms with Crippen molar-refractivity contribution in [2.24, 2.45) is 0 Å². The molecule has 21 heavy (non-hydrogen) atoms. The van der Waals surface area contributed by atoms with Gasteiger partial charge < -0.3 is 9.84 Å². The summed E-state index contributed by atoms with van der Waals surface area (Å²) < 4.78 is 32.9. The van der Waals surface area contributed by atoms with Crippen molar-refractivity contribution in [1.82, 2.24) is 4.31 Å². The van der Waals surface area contributed by atoms with Gasteiger partial charge in [0.05, 0.1) is 29.5 Å². The van der Waals surface area contributed by atoms with Crippen LogP contribution < -0.4 is 4.72 Å². The minimum atomic E-state index is -3.92. The van der Waals surface area contributed by atoms with E-state index in [1.165, 1.54) is 6.07 Å². The molecule has 2 N–H and O–H groups in total. The molecule has 1 aromatic carbocycles. The van der Waals surface area contributed by atoms with Crippen LogP contribution in [0.4, 0.5) is 5.69 Å². The average molecular weight is 355 g/mol. The number of benzene rings is 1. The standard InChI is InChI=1S/C11H12Cl2N2O5S/c12-7-5-8(11(16)17)10(9(13)6-7)14-21(18,19)15-1-3-20-4-2-15/h5-6,14H,1-4H2,(H,16,17). The van der Waals surface area contributed by atoms with Gasteiger partial charge in [-0.1, -0.05) is 23.2 Å². The predicted octanol–water partition coefficient (Wildman–Crippen LogP) is 1.68. The molecule has 0 radical (unpaired) electrons. The lowest BCUT2D eigenvalue weighted by molar-refractivity contribution is 0.0697. The van der Waals surface area contributed by atoms with Crippen LogP contribution in [0, 0.1) is 0 Å². The first-order chi connectivity index (χ1) is 9.81. The molecule has 0 aromatic heterocycles. The molecule has 10 heteroatoms. The number of nitrogens with zero attached hydrogens (tertiary/aromatic N) is 1. The van der Waals surface area contributed by atoms with Gasteiger partial charge in [-0.2, -0.15) is 12.7 Å². The van der Waals surface area contributed by atoms with Gasteiger partial charge in [-0.25, -0.2) is 4.79 Å². The van der Waals surface area contributed by atoms with Crippen LogP contribution in [0.1, 0.15) is 10.4 Å². The summed E-state index contributed by atoms with van der Waals surface area (Å²) in [5, 5.41) is 9.15. The van der Waals surface area contributed by atoms with Gasteiger partial charge in [0, 0.05) is 18.1 Å². The summed E-state index contributed by atoms with van der Waals surface area (Å²) in [7, 11) is -3.92. The van der Waals surface area contributed by atoms with Gasteiger partial charge in [-0.3, -0.25) is 4.72 Å². The van der Waals surface area contributed by atoms with E-state index in [2.05, 4.69) is 4.72 Å². The number of morpholine rings is 1. The Morgan fingerprint density at radius 1 is 1.29 bits per heavy atom. The van der Waals surface area contributed by atoms with E-state index in [-0.39, 0.29) is 47.6 Å². The monoisotopic (exact) mass is 354 g/mol. The van der Waals surface area contributed by atoms with Gasteiger partial charge in [-0.15, -0.1) is 0 Å². The zero-order valence-corrected chi connectivity index (χ0v) is 13.0. The fourth-order valence-electron chi connectivity index (χ4n) is 1.83. The lowest BCUT2D eigenvalue weighted by Crippen LogP contribution is -2.43. The van der Waals surface area contributed by atoms with E-state index in [9.17, 15) is 13.2 Å². The highest BCUT2D eigenvalue weighted by Crippen LogP contribution is 2.31. The van der Waals surface area contributed by atoms with Crippen molar-refractivity contribution >= 4 is 45.1 Å². The Labute approximate surface area is 131 Å². The molecule has 0 aliphatic carbocycles. The summed E-state index contributed by atoms with van der Waals surface area (Å²) in [6.07, 6.45) is 0. The quantitative estimate of drug-likeness (QED) is 0.857. The summed E-state index contributed by atoms with van der Waals surface area (Å²) in [4.78, 5) is 11.2. The molecule has 116 valence electrons. The van der Waals surface area contributed by atoms with Gasteiger partial charge >= 0.3 is 16.2 Å². The first-order valence-corrected chi connectivity index (χ1v) is 8.09. The molecule has 0 amide bonds. The number of ether oxygens (including phenoxy) is 1. The molecule has 0 atom stereocenters. The molecule has 0 unspecified atom stereocenters. The average Bonchev–Trinajstić information content (AvgIpc) is 2.42. The van der Waals surface area contributed by atoms with E-state index >= 15 is 0 Å². The summed E-state index contributed by atoms with van der Waals surface area (Å²) >= 11 is 11.6. The zero-order valence-electron chi connectivity index (χ0n) is 10.7. The Balaban J connectivity index is 2.36. The van der Waals surface area contributed by atoms with Crippen molar-refractivity contribution in [3.63, 3.8) is 0 Å². The number of carboxylic acids is 1. The molecular formula is C11H12Cl2N2O5S. The van der Waals surface area contributed by atoms with Crippen LogP contribution >= 0.6 is 23.2 Å². The number of carbonyl (C=O) groups is 1. The Hall–Kier alpha value is -1.06. The Morgan fingerprint density at radius 3 is 2.48 bits per heavy atom. The maximum atomic E-state index is 12.2. The Morgan fingerprint density at radius 2 is 1.90 bits per heavy atom. The fraction of sp³-hybridized carbons (Fsp3) is 0.364. The van der Waals surface area contributed by atoms with Gasteiger partial charge in [0.2, 0.25) is 0 Å². The van der Waals surface area contributed by atoms with E-state index < -0.39 is 16.2 Å². The van der Waals surface area contributed by atoms with E-state index in [0.29, 0.717) is 0 Å². The van der Waals surface area contributed by atoms with E-state index in [1.54, 1.807) is 0 Å². The molecule has 2 rings (SSSR count).